The largest absolute Gasteiger partial charge is 0.322 e. The molecule has 146 valence electrons. The van der Waals surface area contributed by atoms with Gasteiger partial charge in [-0.2, -0.15) is 0 Å². The maximum atomic E-state index is 12.8. The van der Waals surface area contributed by atoms with Gasteiger partial charge < -0.3 is 5.32 Å². The molecule has 0 unspecified atom stereocenters. The van der Waals surface area contributed by atoms with Crippen molar-refractivity contribution in [2.75, 3.05) is 11.1 Å². The van der Waals surface area contributed by atoms with E-state index in [0.29, 0.717) is 22.5 Å². The summed E-state index contributed by atoms with van der Waals surface area (Å²) in [6, 6.07) is 12.4. The number of aryl methyl sites for hydroxylation is 1. The molecule has 29 heavy (non-hydrogen) atoms. The summed E-state index contributed by atoms with van der Waals surface area (Å²) in [4.78, 5) is 37.6. The molecule has 0 radical (unpaired) electrons. The van der Waals surface area contributed by atoms with E-state index in [1.165, 1.54) is 15.9 Å². The maximum absolute atomic E-state index is 12.8. The fourth-order valence-electron chi connectivity index (χ4n) is 2.89. The first-order chi connectivity index (χ1) is 14.0. The third-order valence-corrected chi connectivity index (χ3v) is 5.31. The molecule has 0 bridgehead atoms. The summed E-state index contributed by atoms with van der Waals surface area (Å²) in [5.41, 5.74) is 3.38. The van der Waals surface area contributed by atoms with Gasteiger partial charge in [-0.3, -0.25) is 19.3 Å². The van der Waals surface area contributed by atoms with E-state index in [2.05, 4.69) is 20.8 Å². The number of nitrogens with zero attached hydrogens (tertiary/aromatic N) is 5. The highest BCUT2D eigenvalue weighted by atomic mass is 32.2. The van der Waals surface area contributed by atoms with Crippen LogP contribution in [0.4, 0.5) is 10.5 Å². The van der Waals surface area contributed by atoms with E-state index in [4.69, 9.17) is 0 Å². The summed E-state index contributed by atoms with van der Waals surface area (Å²) < 4.78 is 1.50. The number of nitrogens with one attached hydrogen (secondary N) is 1. The van der Waals surface area contributed by atoms with Crippen LogP contribution < -0.4 is 5.32 Å². The summed E-state index contributed by atoms with van der Waals surface area (Å²) >= 11 is 0.989. The monoisotopic (exact) mass is 408 g/mol. The lowest BCUT2D eigenvalue weighted by atomic mass is 10.1. The third kappa shape index (κ3) is 4.02. The molecule has 3 amide bonds. The van der Waals surface area contributed by atoms with Crippen LogP contribution in [0.15, 0.2) is 48.8 Å². The molecular formula is C19H16N6O3S. The number of benzene rings is 2. The fraction of sp³-hybridized carbons (Fsp3) is 0.158. The van der Waals surface area contributed by atoms with Gasteiger partial charge in [0.15, 0.2) is 0 Å². The average Bonchev–Trinajstić information content (AvgIpc) is 3.36. The molecule has 10 heteroatoms. The number of carbonyl (C=O) groups is 3. The smallest absolute Gasteiger partial charge is 0.289 e. The second-order valence-electron chi connectivity index (χ2n) is 6.44. The van der Waals surface area contributed by atoms with Gasteiger partial charge in [0.2, 0.25) is 5.91 Å². The minimum absolute atomic E-state index is 0.152. The van der Waals surface area contributed by atoms with Crippen molar-refractivity contribution in [1.29, 1.82) is 0 Å². The summed E-state index contributed by atoms with van der Waals surface area (Å²) in [7, 11) is 0. The molecule has 4 rings (SSSR count). The van der Waals surface area contributed by atoms with Gasteiger partial charge >= 0.3 is 0 Å². The zero-order chi connectivity index (χ0) is 20.4. The Morgan fingerprint density at radius 1 is 1.21 bits per heavy atom. The molecule has 0 saturated carbocycles. The van der Waals surface area contributed by atoms with E-state index in [1.807, 2.05) is 19.1 Å². The Kier molecular flexibility index (Phi) is 5.09. The number of rotatable bonds is 5. The molecule has 2 heterocycles. The SMILES string of the molecule is Cc1ccc(-n2cnnn2)cc1NC(=O)c1cccc(CN2C(=O)CSC2=O)c1. The molecule has 0 spiro atoms. The van der Waals surface area contributed by atoms with Crippen molar-refractivity contribution in [2.24, 2.45) is 0 Å². The van der Waals surface area contributed by atoms with Crippen molar-refractivity contribution < 1.29 is 14.4 Å². The molecule has 0 atom stereocenters. The second kappa shape index (κ2) is 7.84. The standard InChI is InChI=1S/C19H16N6O3S/c1-12-5-6-15(25-11-20-22-23-25)8-16(12)21-18(27)14-4-2-3-13(7-14)9-24-17(26)10-29-19(24)28/h2-8,11H,9-10H2,1H3,(H,21,27). The number of tetrazole rings is 1. The van der Waals surface area contributed by atoms with Crippen molar-refractivity contribution in [3.8, 4) is 5.69 Å². The Hall–Kier alpha value is -3.53. The normalized spacial score (nSPS) is 13.8. The summed E-state index contributed by atoms with van der Waals surface area (Å²) in [5.74, 6) is -0.349. The van der Waals surface area contributed by atoms with E-state index >= 15 is 0 Å². The molecule has 0 aliphatic carbocycles. The van der Waals surface area contributed by atoms with Gasteiger partial charge in [-0.1, -0.05) is 30.0 Å². The quantitative estimate of drug-likeness (QED) is 0.690. The van der Waals surface area contributed by atoms with Crippen LogP contribution >= 0.6 is 11.8 Å². The number of carbonyl (C=O) groups excluding carboxylic acids is 3. The number of amides is 3. The number of anilines is 1. The lowest BCUT2D eigenvalue weighted by Crippen LogP contribution is -2.28. The van der Waals surface area contributed by atoms with Gasteiger partial charge in [0, 0.05) is 11.3 Å². The number of hydrogen-bond donors (Lipinski definition) is 1. The van der Waals surface area contributed by atoms with Gasteiger partial charge in [-0.15, -0.1) is 5.10 Å². The minimum atomic E-state index is -0.294. The number of hydrogen-bond acceptors (Lipinski definition) is 7. The molecule has 1 fully saturated rings. The van der Waals surface area contributed by atoms with Gasteiger partial charge in [0.25, 0.3) is 11.1 Å². The molecule has 2 aromatic carbocycles. The molecule has 1 aromatic heterocycles. The highest BCUT2D eigenvalue weighted by Gasteiger charge is 2.29. The molecular weight excluding hydrogens is 392 g/mol. The van der Waals surface area contributed by atoms with Crippen LogP contribution in [-0.2, 0) is 11.3 Å². The first kappa shape index (κ1) is 18.8. The lowest BCUT2D eigenvalue weighted by molar-refractivity contribution is -0.125. The van der Waals surface area contributed by atoms with Crippen molar-refractivity contribution in [3.05, 3.63) is 65.5 Å². The van der Waals surface area contributed by atoms with Gasteiger partial charge in [0.1, 0.15) is 6.33 Å². The number of aromatic nitrogens is 4. The maximum Gasteiger partial charge on any atom is 0.289 e. The van der Waals surface area contributed by atoms with Gasteiger partial charge in [-0.05, 0) is 52.7 Å². The first-order valence-electron chi connectivity index (χ1n) is 8.73. The Labute approximate surface area is 170 Å². The van der Waals surface area contributed by atoms with Crippen LogP contribution in [-0.4, -0.2) is 47.9 Å². The summed E-state index contributed by atoms with van der Waals surface area (Å²) in [6.07, 6.45) is 1.47. The lowest BCUT2D eigenvalue weighted by Gasteiger charge is -2.14. The fourth-order valence-corrected chi connectivity index (χ4v) is 3.61. The average molecular weight is 408 g/mol. The molecule has 1 aliphatic heterocycles. The number of imide groups is 1. The van der Waals surface area contributed by atoms with Crippen LogP contribution in [0.5, 0.6) is 0 Å². The highest BCUT2D eigenvalue weighted by molar-refractivity contribution is 8.14. The van der Waals surface area contributed by atoms with Crippen LogP contribution in [0, 0.1) is 6.92 Å². The summed E-state index contributed by atoms with van der Waals surface area (Å²) in [5, 5.41) is 13.7. The van der Waals surface area contributed by atoms with E-state index in [-0.39, 0.29) is 29.4 Å². The molecule has 9 nitrogen and oxygen atoms in total. The Bertz CT molecular complexity index is 1080. The van der Waals surface area contributed by atoms with Crippen LogP contribution in [0.2, 0.25) is 0 Å². The molecule has 1 saturated heterocycles. The summed E-state index contributed by atoms with van der Waals surface area (Å²) in [6.45, 7) is 2.04. The Balaban J connectivity index is 1.53. The van der Waals surface area contributed by atoms with E-state index in [0.717, 1.165) is 17.3 Å². The topological polar surface area (TPSA) is 110 Å². The predicted molar refractivity (Wildman–Crippen MR) is 107 cm³/mol. The van der Waals surface area contributed by atoms with Crippen molar-refractivity contribution in [3.63, 3.8) is 0 Å². The Morgan fingerprint density at radius 3 is 2.79 bits per heavy atom. The van der Waals surface area contributed by atoms with E-state index in [9.17, 15) is 14.4 Å². The van der Waals surface area contributed by atoms with Crippen LogP contribution in [0.1, 0.15) is 21.5 Å². The van der Waals surface area contributed by atoms with E-state index in [1.54, 1.807) is 30.3 Å². The Morgan fingerprint density at radius 2 is 2.07 bits per heavy atom. The molecule has 1 aliphatic rings. The van der Waals surface area contributed by atoms with Gasteiger partial charge in [0.05, 0.1) is 18.0 Å². The predicted octanol–water partition coefficient (Wildman–Crippen LogP) is 2.42. The van der Waals surface area contributed by atoms with E-state index < -0.39 is 0 Å². The number of thioether (sulfide) groups is 1. The van der Waals surface area contributed by atoms with Crippen molar-refractivity contribution in [2.45, 2.75) is 13.5 Å². The first-order valence-corrected chi connectivity index (χ1v) is 9.71. The van der Waals surface area contributed by atoms with Gasteiger partial charge in [-0.25, -0.2) is 4.68 Å². The van der Waals surface area contributed by atoms with Crippen molar-refractivity contribution in [1.82, 2.24) is 25.1 Å². The minimum Gasteiger partial charge on any atom is -0.322 e. The second-order valence-corrected chi connectivity index (χ2v) is 7.37. The van der Waals surface area contributed by atoms with Crippen molar-refractivity contribution >= 4 is 34.5 Å². The third-order valence-electron chi connectivity index (χ3n) is 4.45. The van der Waals surface area contributed by atoms with Crippen LogP contribution in [0.3, 0.4) is 0 Å². The van der Waals surface area contributed by atoms with Crippen LogP contribution in [0.25, 0.3) is 5.69 Å². The molecule has 1 N–H and O–H groups in total. The highest BCUT2D eigenvalue weighted by Crippen LogP contribution is 2.23. The molecule has 3 aromatic rings. The zero-order valence-electron chi connectivity index (χ0n) is 15.4. The zero-order valence-corrected chi connectivity index (χ0v) is 16.2.